The monoisotopic (exact) mass is 338 g/mol. The van der Waals surface area contributed by atoms with Gasteiger partial charge in [-0.25, -0.2) is 9.97 Å². The first-order valence-electron chi connectivity index (χ1n) is 8.15. The fraction of sp³-hybridized carbons (Fsp3) is 0.333. The summed E-state index contributed by atoms with van der Waals surface area (Å²) >= 11 is 1.77. The number of hydrogen-bond donors (Lipinski definition) is 1. The van der Waals surface area contributed by atoms with Crippen LogP contribution in [0.1, 0.15) is 34.7 Å². The summed E-state index contributed by atoms with van der Waals surface area (Å²) in [5.41, 5.74) is 2.12. The summed E-state index contributed by atoms with van der Waals surface area (Å²) in [6.45, 7) is 2.23. The lowest BCUT2D eigenvalue weighted by Gasteiger charge is -2.10. The molecule has 0 bridgehead atoms. The van der Waals surface area contributed by atoms with E-state index in [2.05, 4.69) is 20.2 Å². The van der Waals surface area contributed by atoms with Crippen molar-refractivity contribution in [3.05, 3.63) is 46.1 Å². The van der Waals surface area contributed by atoms with Crippen molar-refractivity contribution < 1.29 is 5.11 Å². The first-order chi connectivity index (χ1) is 11.7. The van der Waals surface area contributed by atoms with Gasteiger partial charge in [-0.3, -0.25) is 0 Å². The van der Waals surface area contributed by atoms with Crippen LogP contribution in [0.25, 0.3) is 10.2 Å². The molecule has 5 nitrogen and oxygen atoms in total. The van der Waals surface area contributed by atoms with Gasteiger partial charge in [-0.2, -0.15) is 5.11 Å². The fourth-order valence-corrected chi connectivity index (χ4v) is 4.44. The van der Waals surface area contributed by atoms with Crippen LogP contribution in [0.15, 0.2) is 34.5 Å². The Bertz CT molecular complexity index is 932. The summed E-state index contributed by atoms with van der Waals surface area (Å²) < 4.78 is 0. The van der Waals surface area contributed by atoms with Crippen LogP contribution in [-0.2, 0) is 19.4 Å². The summed E-state index contributed by atoms with van der Waals surface area (Å²) in [6, 6.07) is 7.19. The predicted molar refractivity (Wildman–Crippen MR) is 95.1 cm³/mol. The molecular formula is C18H18N4OS. The van der Waals surface area contributed by atoms with Crippen LogP contribution in [0, 0.1) is 6.92 Å². The first-order valence-corrected chi connectivity index (χ1v) is 8.97. The maximum atomic E-state index is 9.82. The number of hydrogen-bond acceptors (Lipinski definition) is 6. The van der Waals surface area contributed by atoms with E-state index in [9.17, 15) is 5.11 Å². The molecule has 1 aromatic carbocycles. The molecule has 1 N–H and O–H groups in total. The van der Waals surface area contributed by atoms with Gasteiger partial charge in [0.2, 0.25) is 0 Å². The van der Waals surface area contributed by atoms with Crippen molar-refractivity contribution in [1.82, 2.24) is 9.97 Å². The number of aromatic hydroxyl groups is 1. The fourth-order valence-electron chi connectivity index (χ4n) is 3.14. The highest BCUT2D eigenvalue weighted by Crippen LogP contribution is 2.39. The normalized spacial score (nSPS) is 14.4. The Morgan fingerprint density at radius 1 is 1.17 bits per heavy atom. The van der Waals surface area contributed by atoms with Crippen LogP contribution < -0.4 is 0 Å². The summed E-state index contributed by atoms with van der Waals surface area (Å²) in [5.74, 6) is 1.62. The quantitative estimate of drug-likeness (QED) is 0.693. The first kappa shape index (κ1) is 15.2. The minimum Gasteiger partial charge on any atom is -0.508 e. The van der Waals surface area contributed by atoms with Crippen LogP contribution in [-0.4, -0.2) is 15.1 Å². The molecule has 2 aromatic heterocycles. The molecule has 0 radical (unpaired) electrons. The molecule has 0 saturated heterocycles. The zero-order chi connectivity index (χ0) is 16.5. The zero-order valence-electron chi connectivity index (χ0n) is 13.5. The molecular weight excluding hydrogens is 320 g/mol. The third-order valence-electron chi connectivity index (χ3n) is 4.31. The molecule has 0 unspecified atom stereocenters. The van der Waals surface area contributed by atoms with E-state index in [0.29, 0.717) is 12.4 Å². The number of phenolic OH excluding ortho intramolecular Hbond substituents is 1. The largest absolute Gasteiger partial charge is 0.508 e. The van der Waals surface area contributed by atoms with E-state index in [1.54, 1.807) is 23.5 Å². The summed E-state index contributed by atoms with van der Waals surface area (Å²) in [7, 11) is 0. The van der Waals surface area contributed by atoms with E-state index in [-0.39, 0.29) is 5.75 Å². The van der Waals surface area contributed by atoms with E-state index in [1.165, 1.54) is 23.3 Å². The zero-order valence-corrected chi connectivity index (χ0v) is 14.3. The SMILES string of the molecule is Cc1nc(N=NCc2ccccc2O)c2c3c(sc2n1)CCCC3. The van der Waals surface area contributed by atoms with Gasteiger partial charge in [0.05, 0.1) is 11.9 Å². The van der Waals surface area contributed by atoms with Crippen LogP contribution in [0.2, 0.25) is 0 Å². The number of aryl methyl sites for hydroxylation is 3. The van der Waals surface area contributed by atoms with Gasteiger partial charge in [-0.15, -0.1) is 16.5 Å². The van der Waals surface area contributed by atoms with E-state index < -0.39 is 0 Å². The molecule has 0 fully saturated rings. The van der Waals surface area contributed by atoms with Gasteiger partial charge in [0.25, 0.3) is 0 Å². The Morgan fingerprint density at radius 2 is 2.00 bits per heavy atom. The molecule has 4 rings (SSSR count). The van der Waals surface area contributed by atoms with Crippen molar-refractivity contribution in [1.29, 1.82) is 0 Å². The summed E-state index contributed by atoms with van der Waals surface area (Å²) in [5, 5.41) is 19.5. The average molecular weight is 338 g/mol. The van der Waals surface area contributed by atoms with E-state index in [4.69, 9.17) is 0 Å². The van der Waals surface area contributed by atoms with Crippen molar-refractivity contribution in [2.75, 3.05) is 0 Å². The highest BCUT2D eigenvalue weighted by atomic mass is 32.1. The molecule has 24 heavy (non-hydrogen) atoms. The third kappa shape index (κ3) is 2.78. The highest BCUT2D eigenvalue weighted by molar-refractivity contribution is 7.19. The number of phenols is 1. The highest BCUT2D eigenvalue weighted by Gasteiger charge is 2.20. The lowest BCUT2D eigenvalue weighted by Crippen LogP contribution is -1.98. The number of thiophene rings is 1. The molecule has 3 aromatic rings. The molecule has 0 spiro atoms. The van der Waals surface area contributed by atoms with Crippen molar-refractivity contribution >= 4 is 27.4 Å². The Hall–Kier alpha value is -2.34. The maximum absolute atomic E-state index is 9.82. The molecule has 1 aliphatic rings. The van der Waals surface area contributed by atoms with E-state index in [1.807, 2.05) is 19.1 Å². The molecule has 0 atom stereocenters. The number of azo groups is 1. The molecule has 0 amide bonds. The number of para-hydroxylation sites is 1. The van der Waals surface area contributed by atoms with Crippen molar-refractivity contribution in [3.63, 3.8) is 0 Å². The van der Waals surface area contributed by atoms with Gasteiger partial charge in [0.15, 0.2) is 5.82 Å². The van der Waals surface area contributed by atoms with Gasteiger partial charge >= 0.3 is 0 Å². The molecule has 2 heterocycles. The Morgan fingerprint density at radius 3 is 2.88 bits per heavy atom. The number of aromatic nitrogens is 2. The van der Waals surface area contributed by atoms with Crippen molar-refractivity contribution in [2.24, 2.45) is 10.2 Å². The average Bonchev–Trinajstić information content (AvgIpc) is 2.94. The minimum atomic E-state index is 0.244. The van der Waals surface area contributed by atoms with Gasteiger partial charge in [-0.05, 0) is 44.2 Å². The smallest absolute Gasteiger partial charge is 0.186 e. The Labute approximate surface area is 144 Å². The Balaban J connectivity index is 1.72. The number of rotatable bonds is 3. The van der Waals surface area contributed by atoms with Crippen molar-refractivity contribution in [3.8, 4) is 5.75 Å². The second-order valence-electron chi connectivity index (χ2n) is 6.01. The van der Waals surface area contributed by atoms with E-state index >= 15 is 0 Å². The number of fused-ring (bicyclic) bond motifs is 3. The summed E-state index contributed by atoms with van der Waals surface area (Å²) in [6.07, 6.45) is 4.66. The van der Waals surface area contributed by atoms with Gasteiger partial charge in [0, 0.05) is 10.4 Å². The lowest BCUT2D eigenvalue weighted by molar-refractivity contribution is 0.468. The van der Waals surface area contributed by atoms with Crippen LogP contribution in [0.4, 0.5) is 5.82 Å². The minimum absolute atomic E-state index is 0.244. The van der Waals surface area contributed by atoms with E-state index in [0.717, 1.165) is 34.4 Å². The van der Waals surface area contributed by atoms with Crippen LogP contribution in [0.3, 0.4) is 0 Å². The topological polar surface area (TPSA) is 70.7 Å². The standard InChI is InChI=1S/C18H18N4OS/c1-11-20-17(22-19-10-12-6-2-4-8-14(12)23)16-13-7-3-5-9-15(13)24-18(16)21-11/h2,4,6,8,23H,3,5,7,9-10H2,1H3. The predicted octanol–water partition coefficient (Wildman–Crippen LogP) is 4.87. The van der Waals surface area contributed by atoms with Crippen LogP contribution in [0.5, 0.6) is 5.75 Å². The third-order valence-corrected chi connectivity index (χ3v) is 5.49. The second-order valence-corrected chi connectivity index (χ2v) is 7.10. The van der Waals surface area contributed by atoms with Gasteiger partial charge < -0.3 is 5.11 Å². The van der Waals surface area contributed by atoms with Gasteiger partial charge in [-0.1, -0.05) is 18.2 Å². The number of nitrogens with zero attached hydrogens (tertiary/aromatic N) is 4. The molecule has 0 saturated carbocycles. The lowest BCUT2D eigenvalue weighted by atomic mass is 9.97. The molecule has 122 valence electrons. The number of benzene rings is 1. The van der Waals surface area contributed by atoms with Gasteiger partial charge in [0.1, 0.15) is 16.4 Å². The van der Waals surface area contributed by atoms with Crippen molar-refractivity contribution in [2.45, 2.75) is 39.2 Å². The maximum Gasteiger partial charge on any atom is 0.186 e. The van der Waals surface area contributed by atoms with Crippen LogP contribution >= 0.6 is 11.3 Å². The molecule has 6 heteroatoms. The second kappa shape index (κ2) is 6.28. The molecule has 0 aliphatic heterocycles. The summed E-state index contributed by atoms with van der Waals surface area (Å²) in [4.78, 5) is 11.5. The Kier molecular flexibility index (Phi) is 3.98. The molecule has 1 aliphatic carbocycles.